The first-order valence-corrected chi connectivity index (χ1v) is 6.40. The molecule has 4 nitrogen and oxygen atoms in total. The molecule has 0 spiro atoms. The molecule has 2 rings (SSSR count). The minimum Gasteiger partial charge on any atom is -0.300 e. The van der Waals surface area contributed by atoms with E-state index in [4.69, 9.17) is 4.18 Å². The van der Waals surface area contributed by atoms with Crippen molar-refractivity contribution in [3.8, 4) is 0 Å². The van der Waals surface area contributed by atoms with Gasteiger partial charge in [-0.2, -0.15) is 8.42 Å². The predicted octanol–water partition coefficient (Wildman–Crippen LogP) is 1.85. The van der Waals surface area contributed by atoms with Gasteiger partial charge in [0, 0.05) is 12.8 Å². The SMILES string of the molecule is Cc1ccc(S(=O)(=O)OC2CC(=O)C2)cc1.Cl. The van der Waals surface area contributed by atoms with Gasteiger partial charge in [-0.25, -0.2) is 0 Å². The van der Waals surface area contributed by atoms with Crippen LogP contribution in [0.1, 0.15) is 18.4 Å². The molecule has 6 heteroatoms. The van der Waals surface area contributed by atoms with Crippen molar-refractivity contribution < 1.29 is 17.4 Å². The molecule has 1 aliphatic rings. The van der Waals surface area contributed by atoms with Crippen LogP contribution >= 0.6 is 12.4 Å². The quantitative estimate of drug-likeness (QED) is 0.791. The van der Waals surface area contributed by atoms with Crippen LogP contribution in [0, 0.1) is 6.92 Å². The van der Waals surface area contributed by atoms with E-state index in [-0.39, 0.29) is 35.9 Å². The number of carbonyl (C=O) groups is 1. The average Bonchev–Trinajstić information content (AvgIpc) is 2.15. The molecule has 0 N–H and O–H groups in total. The highest BCUT2D eigenvalue weighted by Gasteiger charge is 2.32. The third-order valence-electron chi connectivity index (χ3n) is 2.48. The van der Waals surface area contributed by atoms with Gasteiger partial charge < -0.3 is 0 Å². The predicted molar refractivity (Wildman–Crippen MR) is 64.7 cm³/mol. The van der Waals surface area contributed by atoms with Crippen LogP contribution in [0.15, 0.2) is 29.2 Å². The molecule has 17 heavy (non-hydrogen) atoms. The molecule has 1 aliphatic carbocycles. The molecular weight excluding hydrogens is 264 g/mol. The van der Waals surface area contributed by atoms with Crippen molar-refractivity contribution in [2.45, 2.75) is 30.8 Å². The van der Waals surface area contributed by atoms with Crippen LogP contribution in [0.4, 0.5) is 0 Å². The van der Waals surface area contributed by atoms with Crippen LogP contribution in [0.3, 0.4) is 0 Å². The summed E-state index contributed by atoms with van der Waals surface area (Å²) in [4.78, 5) is 10.8. The molecule has 1 aromatic carbocycles. The minimum atomic E-state index is -3.71. The third-order valence-corrected chi connectivity index (χ3v) is 3.86. The highest BCUT2D eigenvalue weighted by atomic mass is 35.5. The van der Waals surface area contributed by atoms with Crippen molar-refractivity contribution in [3.63, 3.8) is 0 Å². The number of halogens is 1. The zero-order valence-electron chi connectivity index (χ0n) is 9.25. The fraction of sp³-hybridized carbons (Fsp3) is 0.364. The van der Waals surface area contributed by atoms with E-state index < -0.39 is 16.2 Å². The summed E-state index contributed by atoms with van der Waals surface area (Å²) in [7, 11) is -3.71. The molecule has 1 saturated carbocycles. The summed E-state index contributed by atoms with van der Waals surface area (Å²) in [6.07, 6.45) is -0.0743. The van der Waals surface area contributed by atoms with Crippen molar-refractivity contribution in [2.24, 2.45) is 0 Å². The fourth-order valence-electron chi connectivity index (χ4n) is 1.46. The standard InChI is InChI=1S/C11H12O4S.ClH/c1-8-2-4-11(5-3-8)16(13,14)15-10-6-9(12)7-10;/h2-5,10H,6-7H2,1H3;1H. The first kappa shape index (κ1) is 14.2. The van der Waals surface area contributed by atoms with Gasteiger partial charge in [0.05, 0.1) is 11.0 Å². The Labute approximate surface area is 107 Å². The maximum absolute atomic E-state index is 11.7. The van der Waals surface area contributed by atoms with Crippen LogP contribution in [-0.2, 0) is 19.1 Å². The Morgan fingerprint density at radius 1 is 1.18 bits per heavy atom. The number of hydrogen-bond acceptors (Lipinski definition) is 4. The summed E-state index contributed by atoms with van der Waals surface area (Å²) in [6.45, 7) is 1.88. The molecule has 0 atom stereocenters. The van der Waals surface area contributed by atoms with E-state index in [2.05, 4.69) is 0 Å². The van der Waals surface area contributed by atoms with E-state index in [9.17, 15) is 13.2 Å². The number of benzene rings is 1. The average molecular weight is 277 g/mol. The fourth-order valence-corrected chi connectivity index (χ4v) is 2.53. The van der Waals surface area contributed by atoms with Gasteiger partial charge in [0.1, 0.15) is 5.78 Å². The Bertz CT molecular complexity index is 499. The van der Waals surface area contributed by atoms with Gasteiger partial charge >= 0.3 is 0 Å². The maximum atomic E-state index is 11.7. The lowest BCUT2D eigenvalue weighted by molar-refractivity contribution is -0.129. The van der Waals surface area contributed by atoms with Crippen molar-refractivity contribution >= 4 is 28.3 Å². The van der Waals surface area contributed by atoms with Crippen LogP contribution < -0.4 is 0 Å². The second-order valence-electron chi connectivity index (χ2n) is 3.93. The number of hydrogen-bond donors (Lipinski definition) is 0. The summed E-state index contributed by atoms with van der Waals surface area (Å²) < 4.78 is 28.4. The largest absolute Gasteiger partial charge is 0.300 e. The number of carbonyl (C=O) groups excluding carboxylic acids is 1. The normalized spacial score (nSPS) is 16.2. The van der Waals surface area contributed by atoms with Crippen molar-refractivity contribution in [1.82, 2.24) is 0 Å². The first-order chi connectivity index (χ1) is 7.47. The number of Topliss-reactive ketones (excluding diaryl/α,β-unsaturated/α-hetero) is 1. The van der Waals surface area contributed by atoms with E-state index in [1.807, 2.05) is 6.92 Å². The lowest BCUT2D eigenvalue weighted by atomic mass is 9.95. The van der Waals surface area contributed by atoms with E-state index in [0.29, 0.717) is 0 Å². The molecule has 1 aromatic rings. The molecule has 0 amide bonds. The Hall–Kier alpha value is -0.910. The molecule has 0 unspecified atom stereocenters. The molecule has 0 aromatic heterocycles. The molecule has 0 radical (unpaired) electrons. The van der Waals surface area contributed by atoms with E-state index in [0.717, 1.165) is 5.56 Å². The summed E-state index contributed by atoms with van der Waals surface area (Å²) in [5.74, 6) is 0.0455. The monoisotopic (exact) mass is 276 g/mol. The molecule has 0 heterocycles. The van der Waals surface area contributed by atoms with Crippen molar-refractivity contribution in [1.29, 1.82) is 0 Å². The van der Waals surface area contributed by atoms with E-state index >= 15 is 0 Å². The molecule has 0 aliphatic heterocycles. The topological polar surface area (TPSA) is 60.4 Å². The number of rotatable bonds is 3. The van der Waals surface area contributed by atoms with Crippen molar-refractivity contribution in [3.05, 3.63) is 29.8 Å². The second kappa shape index (κ2) is 5.16. The van der Waals surface area contributed by atoms with Gasteiger partial charge in [0.15, 0.2) is 0 Å². The maximum Gasteiger partial charge on any atom is 0.297 e. The third kappa shape index (κ3) is 3.28. The lowest BCUT2D eigenvalue weighted by Crippen LogP contribution is -2.33. The zero-order chi connectivity index (χ0) is 11.8. The van der Waals surface area contributed by atoms with Crippen LogP contribution in [0.25, 0.3) is 0 Å². The molecule has 0 bridgehead atoms. The number of ketones is 1. The van der Waals surface area contributed by atoms with E-state index in [1.54, 1.807) is 12.1 Å². The Morgan fingerprint density at radius 3 is 2.18 bits per heavy atom. The summed E-state index contributed by atoms with van der Waals surface area (Å²) >= 11 is 0. The Morgan fingerprint density at radius 2 is 1.71 bits per heavy atom. The lowest BCUT2D eigenvalue weighted by Gasteiger charge is -2.23. The molecule has 0 saturated heterocycles. The molecule has 1 fully saturated rings. The highest BCUT2D eigenvalue weighted by molar-refractivity contribution is 7.86. The summed E-state index contributed by atoms with van der Waals surface area (Å²) in [5.41, 5.74) is 0.984. The van der Waals surface area contributed by atoms with Crippen LogP contribution in [0.2, 0.25) is 0 Å². The summed E-state index contributed by atoms with van der Waals surface area (Å²) in [6, 6.07) is 6.43. The van der Waals surface area contributed by atoms with Gasteiger partial charge in [0.2, 0.25) is 0 Å². The number of aryl methyl sites for hydroxylation is 1. The molecular formula is C11H13ClO4S. The Kier molecular flexibility index (Phi) is 4.30. The van der Waals surface area contributed by atoms with Gasteiger partial charge in [-0.05, 0) is 19.1 Å². The molecule has 94 valence electrons. The van der Waals surface area contributed by atoms with Crippen molar-refractivity contribution in [2.75, 3.05) is 0 Å². The Balaban J connectivity index is 0.00000144. The highest BCUT2D eigenvalue weighted by Crippen LogP contribution is 2.24. The smallest absolute Gasteiger partial charge is 0.297 e. The van der Waals surface area contributed by atoms with Crippen LogP contribution in [0.5, 0.6) is 0 Å². The van der Waals surface area contributed by atoms with Gasteiger partial charge in [-0.3, -0.25) is 8.98 Å². The van der Waals surface area contributed by atoms with Gasteiger partial charge in [0.25, 0.3) is 10.1 Å². The van der Waals surface area contributed by atoms with Crippen LogP contribution in [-0.4, -0.2) is 20.3 Å². The van der Waals surface area contributed by atoms with Gasteiger partial charge in [-0.1, -0.05) is 17.7 Å². The minimum absolute atomic E-state index is 0. The van der Waals surface area contributed by atoms with E-state index in [1.165, 1.54) is 12.1 Å². The second-order valence-corrected chi connectivity index (χ2v) is 5.50. The van der Waals surface area contributed by atoms with Gasteiger partial charge in [-0.15, -0.1) is 12.4 Å². The first-order valence-electron chi connectivity index (χ1n) is 4.99. The summed E-state index contributed by atoms with van der Waals surface area (Å²) in [5, 5.41) is 0. The zero-order valence-corrected chi connectivity index (χ0v) is 10.9.